The van der Waals surface area contributed by atoms with Crippen LogP contribution in [0.2, 0.25) is 0 Å². The molecule has 0 unspecified atom stereocenters. The number of methoxy groups -OCH3 is 1. The normalized spacial score (nSPS) is 9.80. The van der Waals surface area contributed by atoms with Gasteiger partial charge >= 0.3 is 11.7 Å². The summed E-state index contributed by atoms with van der Waals surface area (Å²) in [5, 5.41) is 23.4. The summed E-state index contributed by atoms with van der Waals surface area (Å²) < 4.78 is 5.39. The van der Waals surface area contributed by atoms with Crippen molar-refractivity contribution in [3.63, 3.8) is 0 Å². The first-order valence-corrected chi connectivity index (χ1v) is 5.11. The Kier molecular flexibility index (Phi) is 3.34. The minimum Gasteiger partial charge on any atom is -0.463 e. The molecule has 0 amide bonds. The molecule has 2 heterocycles. The highest BCUT2D eigenvalue weighted by Crippen LogP contribution is 2.20. The molecule has 0 N–H and O–H groups in total. The smallest absolute Gasteiger partial charge is 0.377 e. The number of carbonyl (C=O) groups is 1. The second-order valence-corrected chi connectivity index (χ2v) is 3.44. The molecule has 0 aromatic carbocycles. The molecule has 0 atom stereocenters. The van der Waals surface area contributed by atoms with Crippen LogP contribution in [0.4, 0.5) is 5.69 Å². The Bertz CT molecular complexity index is 732. The van der Waals surface area contributed by atoms with Crippen LogP contribution in [0.15, 0.2) is 18.6 Å². The lowest BCUT2D eigenvalue weighted by Crippen LogP contribution is -2.07. The predicted octanol–water partition coefficient (Wildman–Crippen LogP) is 0.229. The minimum atomic E-state index is -0.778. The average Bonchev–Trinajstić information content (AvgIpc) is 2.95. The Balaban J connectivity index is 2.52. The Morgan fingerprint density at radius 2 is 2.30 bits per heavy atom. The number of pyridine rings is 1. The fourth-order valence-electron chi connectivity index (χ4n) is 1.37. The molecule has 100 valence electrons. The number of aromatic nitrogens is 4. The van der Waals surface area contributed by atoms with Crippen LogP contribution >= 0.6 is 0 Å². The zero-order valence-corrected chi connectivity index (χ0v) is 10.0. The summed E-state index contributed by atoms with van der Waals surface area (Å²) in [4.78, 5) is 28.9. The SMILES string of the molecule is COC(=O)c1ncn(-c2ncc(C#N)cc2[N+](=O)[O-])n1. The molecule has 0 aliphatic rings. The predicted molar refractivity (Wildman–Crippen MR) is 61.9 cm³/mol. The maximum Gasteiger partial charge on any atom is 0.377 e. The van der Waals surface area contributed by atoms with E-state index in [9.17, 15) is 14.9 Å². The number of hydrogen-bond acceptors (Lipinski definition) is 8. The second-order valence-electron chi connectivity index (χ2n) is 3.44. The molecule has 0 fully saturated rings. The molecule has 20 heavy (non-hydrogen) atoms. The number of ether oxygens (including phenoxy) is 1. The lowest BCUT2D eigenvalue weighted by atomic mass is 10.3. The number of nitrogens with zero attached hydrogens (tertiary/aromatic N) is 6. The number of nitro groups is 1. The molecule has 0 saturated heterocycles. The summed E-state index contributed by atoms with van der Waals surface area (Å²) >= 11 is 0. The molecule has 0 radical (unpaired) electrons. The minimum absolute atomic E-state index is 0.0359. The van der Waals surface area contributed by atoms with Crippen LogP contribution in [0.5, 0.6) is 0 Å². The number of esters is 1. The molecule has 0 saturated carbocycles. The molecular formula is C10H6N6O4. The van der Waals surface area contributed by atoms with Gasteiger partial charge in [-0.05, 0) is 0 Å². The highest BCUT2D eigenvalue weighted by Gasteiger charge is 2.21. The third-order valence-corrected chi connectivity index (χ3v) is 2.25. The van der Waals surface area contributed by atoms with Gasteiger partial charge in [-0.3, -0.25) is 10.1 Å². The third-order valence-electron chi connectivity index (χ3n) is 2.25. The highest BCUT2D eigenvalue weighted by molar-refractivity contribution is 5.84. The van der Waals surface area contributed by atoms with Gasteiger partial charge in [-0.1, -0.05) is 0 Å². The number of nitriles is 1. The van der Waals surface area contributed by atoms with Crippen molar-refractivity contribution in [2.24, 2.45) is 0 Å². The van der Waals surface area contributed by atoms with Crippen molar-refractivity contribution < 1.29 is 14.5 Å². The van der Waals surface area contributed by atoms with Crippen LogP contribution in [0.25, 0.3) is 5.82 Å². The first kappa shape index (κ1) is 13.1. The molecule has 2 aromatic rings. The Labute approximate surface area is 111 Å². The molecule has 0 aliphatic heterocycles. The van der Waals surface area contributed by atoms with Crippen LogP contribution < -0.4 is 0 Å². The van der Waals surface area contributed by atoms with Crippen molar-refractivity contribution in [1.82, 2.24) is 19.7 Å². The van der Waals surface area contributed by atoms with Crippen LogP contribution in [0.1, 0.15) is 16.2 Å². The first-order chi connectivity index (χ1) is 9.56. The van der Waals surface area contributed by atoms with E-state index in [4.69, 9.17) is 5.26 Å². The maximum absolute atomic E-state index is 11.2. The van der Waals surface area contributed by atoms with Crippen molar-refractivity contribution in [2.75, 3.05) is 7.11 Å². The van der Waals surface area contributed by atoms with E-state index in [0.29, 0.717) is 0 Å². The van der Waals surface area contributed by atoms with Crippen LogP contribution in [-0.2, 0) is 4.74 Å². The van der Waals surface area contributed by atoms with Gasteiger partial charge in [0.1, 0.15) is 12.4 Å². The van der Waals surface area contributed by atoms with E-state index < -0.39 is 16.6 Å². The second kappa shape index (κ2) is 5.11. The zero-order chi connectivity index (χ0) is 14.7. The molecule has 0 aliphatic carbocycles. The van der Waals surface area contributed by atoms with Crippen LogP contribution in [-0.4, -0.2) is 37.8 Å². The van der Waals surface area contributed by atoms with Crippen molar-refractivity contribution in [1.29, 1.82) is 5.26 Å². The fourth-order valence-corrected chi connectivity index (χ4v) is 1.37. The summed E-state index contributed by atoms with van der Waals surface area (Å²) in [5.74, 6) is -1.19. The lowest BCUT2D eigenvalue weighted by Gasteiger charge is -2.00. The Morgan fingerprint density at radius 1 is 1.55 bits per heavy atom. The third kappa shape index (κ3) is 2.27. The lowest BCUT2D eigenvalue weighted by molar-refractivity contribution is -0.385. The zero-order valence-electron chi connectivity index (χ0n) is 10.0. The number of hydrogen-bond donors (Lipinski definition) is 0. The molecule has 10 heteroatoms. The van der Waals surface area contributed by atoms with Gasteiger partial charge in [-0.25, -0.2) is 14.8 Å². The summed E-state index contributed by atoms with van der Waals surface area (Å²) in [6.07, 6.45) is 2.25. The molecule has 2 aromatic heterocycles. The van der Waals surface area contributed by atoms with Gasteiger partial charge < -0.3 is 4.74 Å². The summed E-state index contributed by atoms with van der Waals surface area (Å²) in [6.45, 7) is 0. The van der Waals surface area contributed by atoms with Gasteiger partial charge in [0.2, 0.25) is 5.82 Å². The van der Waals surface area contributed by atoms with Gasteiger partial charge in [0, 0.05) is 12.3 Å². The van der Waals surface area contributed by atoms with Crippen LogP contribution in [0.3, 0.4) is 0 Å². The van der Waals surface area contributed by atoms with E-state index in [0.717, 1.165) is 30.4 Å². The van der Waals surface area contributed by atoms with Gasteiger partial charge in [-0.15, -0.1) is 5.10 Å². The van der Waals surface area contributed by atoms with Gasteiger partial charge in [0.05, 0.1) is 17.6 Å². The van der Waals surface area contributed by atoms with E-state index in [1.54, 1.807) is 6.07 Å². The van der Waals surface area contributed by atoms with Crippen molar-refractivity contribution in [2.45, 2.75) is 0 Å². The molecular weight excluding hydrogens is 268 g/mol. The molecule has 0 spiro atoms. The largest absolute Gasteiger partial charge is 0.463 e. The van der Waals surface area contributed by atoms with E-state index >= 15 is 0 Å². The monoisotopic (exact) mass is 274 g/mol. The van der Waals surface area contributed by atoms with Crippen molar-refractivity contribution in [3.8, 4) is 11.9 Å². The fraction of sp³-hybridized carbons (Fsp3) is 0.100. The van der Waals surface area contributed by atoms with Gasteiger partial charge in [-0.2, -0.15) is 9.94 Å². The standard InChI is InChI=1S/C10H6N6O4/c1-20-10(17)8-13-5-15(14-8)9-7(16(18)19)2-6(3-11)4-12-9/h2,4-5H,1H3. The topological polar surface area (TPSA) is 137 Å². The van der Waals surface area contributed by atoms with Gasteiger partial charge in [0.15, 0.2) is 0 Å². The quantitative estimate of drug-likeness (QED) is 0.440. The van der Waals surface area contributed by atoms with E-state index in [2.05, 4.69) is 19.8 Å². The van der Waals surface area contributed by atoms with Crippen molar-refractivity contribution in [3.05, 3.63) is 40.1 Å². The van der Waals surface area contributed by atoms with Crippen LogP contribution in [0, 0.1) is 21.4 Å². The maximum atomic E-state index is 11.2. The average molecular weight is 274 g/mol. The van der Waals surface area contributed by atoms with E-state index in [1.165, 1.54) is 0 Å². The van der Waals surface area contributed by atoms with Crippen molar-refractivity contribution >= 4 is 11.7 Å². The Hall–Kier alpha value is -3.35. The summed E-state index contributed by atoms with van der Waals surface area (Å²) in [5.41, 5.74) is -0.390. The highest BCUT2D eigenvalue weighted by atomic mass is 16.6. The van der Waals surface area contributed by atoms with E-state index in [1.807, 2.05) is 0 Å². The number of rotatable bonds is 3. The van der Waals surface area contributed by atoms with E-state index in [-0.39, 0.29) is 17.2 Å². The summed E-state index contributed by atoms with van der Waals surface area (Å²) in [7, 11) is 1.16. The first-order valence-electron chi connectivity index (χ1n) is 5.11. The number of carbonyl (C=O) groups excluding carboxylic acids is 1. The molecule has 10 nitrogen and oxygen atoms in total. The summed E-state index contributed by atoms with van der Waals surface area (Å²) in [6, 6.07) is 2.80. The molecule has 2 rings (SSSR count). The Morgan fingerprint density at radius 3 is 2.90 bits per heavy atom. The molecule has 0 bridgehead atoms. The van der Waals surface area contributed by atoms with Gasteiger partial charge in [0.25, 0.3) is 5.82 Å².